The molecule has 4 nitrogen and oxygen atoms in total. The van der Waals surface area contributed by atoms with Crippen molar-refractivity contribution in [2.75, 3.05) is 7.11 Å². The molecule has 1 N–H and O–H groups in total. The number of methoxy groups -OCH3 is 1. The van der Waals surface area contributed by atoms with Crippen molar-refractivity contribution in [3.8, 4) is 0 Å². The van der Waals surface area contributed by atoms with Crippen LogP contribution in [0.5, 0.6) is 0 Å². The molecule has 0 unspecified atom stereocenters. The number of halogens is 2. The van der Waals surface area contributed by atoms with Gasteiger partial charge in [0.1, 0.15) is 6.04 Å². The molecule has 0 aliphatic carbocycles. The van der Waals surface area contributed by atoms with Crippen LogP contribution in [0.2, 0.25) is 0 Å². The highest BCUT2D eigenvalue weighted by Gasteiger charge is 2.23. The highest BCUT2D eigenvalue weighted by atomic mass is 79.9. The SMILES string of the molecule is COC(=O)[C@@H](Cc1cccc2ccccc12)NC(=O)c1cc(Br)cc(Br)c1. The van der Waals surface area contributed by atoms with Crippen LogP contribution in [0.4, 0.5) is 0 Å². The van der Waals surface area contributed by atoms with Crippen molar-refractivity contribution >= 4 is 54.5 Å². The van der Waals surface area contributed by atoms with E-state index in [0.29, 0.717) is 12.0 Å². The molecule has 1 atom stereocenters. The van der Waals surface area contributed by atoms with E-state index >= 15 is 0 Å². The van der Waals surface area contributed by atoms with Gasteiger partial charge < -0.3 is 10.1 Å². The Bertz CT molecular complexity index is 978. The summed E-state index contributed by atoms with van der Waals surface area (Å²) in [6.07, 6.45) is 0.342. The average Bonchev–Trinajstić information content (AvgIpc) is 2.66. The zero-order valence-corrected chi connectivity index (χ0v) is 17.7. The van der Waals surface area contributed by atoms with E-state index in [-0.39, 0.29) is 5.91 Å². The Kier molecular flexibility index (Phi) is 6.29. The molecular formula is C21H17Br2NO3. The molecular weight excluding hydrogens is 474 g/mol. The average molecular weight is 491 g/mol. The summed E-state index contributed by atoms with van der Waals surface area (Å²) in [5.74, 6) is -0.821. The van der Waals surface area contributed by atoms with Crippen molar-refractivity contribution in [3.05, 3.63) is 80.7 Å². The second-order valence-corrected chi connectivity index (χ2v) is 7.88. The molecule has 6 heteroatoms. The Balaban J connectivity index is 1.88. The molecule has 0 aliphatic rings. The maximum absolute atomic E-state index is 12.7. The van der Waals surface area contributed by atoms with Gasteiger partial charge in [-0.2, -0.15) is 0 Å². The van der Waals surface area contributed by atoms with E-state index in [4.69, 9.17) is 4.74 Å². The van der Waals surface area contributed by atoms with Crippen LogP contribution in [-0.4, -0.2) is 25.0 Å². The van der Waals surface area contributed by atoms with Crippen LogP contribution in [0.1, 0.15) is 15.9 Å². The van der Waals surface area contributed by atoms with E-state index < -0.39 is 12.0 Å². The number of esters is 1. The van der Waals surface area contributed by atoms with Crippen molar-refractivity contribution in [1.82, 2.24) is 5.32 Å². The number of nitrogens with one attached hydrogen (secondary N) is 1. The van der Waals surface area contributed by atoms with Gasteiger partial charge in [-0.15, -0.1) is 0 Å². The Labute approximate surface area is 174 Å². The molecule has 0 aliphatic heterocycles. The normalized spacial score (nSPS) is 11.8. The van der Waals surface area contributed by atoms with Crippen LogP contribution < -0.4 is 5.32 Å². The van der Waals surface area contributed by atoms with Gasteiger partial charge in [-0.3, -0.25) is 4.79 Å². The Morgan fingerprint density at radius 1 is 1.00 bits per heavy atom. The van der Waals surface area contributed by atoms with Gasteiger partial charge in [0.25, 0.3) is 5.91 Å². The molecule has 138 valence electrons. The number of carbonyl (C=O) groups is 2. The number of ether oxygens (including phenoxy) is 1. The third-order valence-corrected chi connectivity index (χ3v) is 5.14. The maximum atomic E-state index is 12.7. The third kappa shape index (κ3) is 4.76. The van der Waals surface area contributed by atoms with Crippen molar-refractivity contribution < 1.29 is 14.3 Å². The fraction of sp³-hybridized carbons (Fsp3) is 0.143. The van der Waals surface area contributed by atoms with Gasteiger partial charge in [-0.05, 0) is 34.5 Å². The predicted molar refractivity (Wildman–Crippen MR) is 113 cm³/mol. The molecule has 0 saturated carbocycles. The third-order valence-electron chi connectivity index (χ3n) is 4.22. The fourth-order valence-electron chi connectivity index (χ4n) is 2.95. The molecule has 3 rings (SSSR count). The van der Waals surface area contributed by atoms with Crippen LogP contribution in [0.15, 0.2) is 69.6 Å². The molecule has 3 aromatic rings. The lowest BCUT2D eigenvalue weighted by Crippen LogP contribution is -2.43. The molecule has 0 radical (unpaired) electrons. The number of rotatable bonds is 5. The molecule has 0 aromatic heterocycles. The summed E-state index contributed by atoms with van der Waals surface area (Å²) in [6.45, 7) is 0. The van der Waals surface area contributed by atoms with Gasteiger partial charge in [-0.1, -0.05) is 74.3 Å². The minimum absolute atomic E-state index is 0.340. The van der Waals surface area contributed by atoms with Gasteiger partial charge in [-0.25, -0.2) is 4.79 Å². The number of benzene rings is 3. The molecule has 3 aromatic carbocycles. The first-order chi connectivity index (χ1) is 13.0. The van der Waals surface area contributed by atoms with Crippen LogP contribution in [0.25, 0.3) is 10.8 Å². The largest absolute Gasteiger partial charge is 0.467 e. The zero-order chi connectivity index (χ0) is 19.4. The summed E-state index contributed by atoms with van der Waals surface area (Å²) < 4.78 is 6.45. The van der Waals surface area contributed by atoms with Gasteiger partial charge in [0.15, 0.2) is 0 Å². The fourth-order valence-corrected chi connectivity index (χ4v) is 4.25. The van der Waals surface area contributed by atoms with Crippen molar-refractivity contribution in [2.45, 2.75) is 12.5 Å². The molecule has 0 bridgehead atoms. The van der Waals surface area contributed by atoms with E-state index in [1.165, 1.54) is 7.11 Å². The number of hydrogen-bond donors (Lipinski definition) is 1. The number of carbonyl (C=O) groups excluding carboxylic acids is 2. The summed E-state index contributed by atoms with van der Waals surface area (Å²) in [6, 6.07) is 18.3. The van der Waals surface area contributed by atoms with Crippen molar-refractivity contribution in [3.63, 3.8) is 0 Å². The Hall–Kier alpha value is -2.18. The van der Waals surface area contributed by atoms with Crippen LogP contribution in [0, 0.1) is 0 Å². The van der Waals surface area contributed by atoms with E-state index in [0.717, 1.165) is 25.3 Å². The van der Waals surface area contributed by atoms with E-state index in [1.54, 1.807) is 12.1 Å². The maximum Gasteiger partial charge on any atom is 0.328 e. The smallest absolute Gasteiger partial charge is 0.328 e. The monoisotopic (exact) mass is 489 g/mol. The zero-order valence-electron chi connectivity index (χ0n) is 14.5. The van der Waals surface area contributed by atoms with Gasteiger partial charge in [0.2, 0.25) is 0 Å². The molecule has 0 spiro atoms. The van der Waals surface area contributed by atoms with E-state index in [2.05, 4.69) is 37.2 Å². The minimum atomic E-state index is -0.786. The van der Waals surface area contributed by atoms with Crippen LogP contribution in [0.3, 0.4) is 0 Å². The first kappa shape index (κ1) is 19.6. The van der Waals surface area contributed by atoms with Crippen molar-refractivity contribution in [1.29, 1.82) is 0 Å². The number of hydrogen-bond acceptors (Lipinski definition) is 3. The Morgan fingerprint density at radius 2 is 1.67 bits per heavy atom. The van der Waals surface area contributed by atoms with Crippen LogP contribution in [-0.2, 0) is 16.0 Å². The lowest BCUT2D eigenvalue weighted by Gasteiger charge is -2.18. The highest BCUT2D eigenvalue weighted by molar-refractivity contribution is 9.11. The summed E-state index contributed by atoms with van der Waals surface area (Å²) in [4.78, 5) is 25.0. The van der Waals surface area contributed by atoms with Crippen LogP contribution >= 0.6 is 31.9 Å². The first-order valence-electron chi connectivity index (χ1n) is 8.29. The summed E-state index contributed by atoms with van der Waals surface area (Å²) >= 11 is 6.74. The highest BCUT2D eigenvalue weighted by Crippen LogP contribution is 2.22. The topological polar surface area (TPSA) is 55.4 Å². The van der Waals surface area contributed by atoms with E-state index in [1.807, 2.05) is 48.5 Å². The summed E-state index contributed by atoms with van der Waals surface area (Å²) in [7, 11) is 1.32. The van der Waals surface area contributed by atoms with Gasteiger partial charge in [0.05, 0.1) is 7.11 Å². The summed E-state index contributed by atoms with van der Waals surface area (Å²) in [5, 5.41) is 4.93. The second-order valence-electron chi connectivity index (χ2n) is 6.05. The quantitative estimate of drug-likeness (QED) is 0.518. The number of amides is 1. The minimum Gasteiger partial charge on any atom is -0.467 e. The first-order valence-corrected chi connectivity index (χ1v) is 9.88. The Morgan fingerprint density at radius 3 is 2.37 bits per heavy atom. The molecule has 0 fully saturated rings. The van der Waals surface area contributed by atoms with Gasteiger partial charge in [0, 0.05) is 20.9 Å². The molecule has 27 heavy (non-hydrogen) atoms. The second kappa shape index (κ2) is 8.67. The van der Waals surface area contributed by atoms with Gasteiger partial charge >= 0.3 is 5.97 Å². The number of fused-ring (bicyclic) bond motifs is 1. The standard InChI is InChI=1S/C21H17Br2NO3/c1-27-21(26)19(24-20(25)15-9-16(22)12-17(23)10-15)11-14-7-4-6-13-5-2-3-8-18(13)14/h2-10,12,19H,11H2,1H3,(H,24,25)/t19-/m1/s1. The lowest BCUT2D eigenvalue weighted by atomic mass is 9.98. The van der Waals surface area contributed by atoms with E-state index in [9.17, 15) is 9.59 Å². The molecule has 0 heterocycles. The summed E-state index contributed by atoms with van der Waals surface area (Å²) in [5.41, 5.74) is 1.42. The lowest BCUT2D eigenvalue weighted by molar-refractivity contribution is -0.142. The van der Waals surface area contributed by atoms with Crippen molar-refractivity contribution in [2.24, 2.45) is 0 Å². The molecule has 1 amide bonds. The molecule has 0 saturated heterocycles. The predicted octanol–water partition coefficient (Wildman–Crippen LogP) is 4.88.